The Bertz CT molecular complexity index is 361. The van der Waals surface area contributed by atoms with Crippen LogP contribution in [0.2, 0.25) is 0 Å². The molecule has 1 atom stereocenters. The molecule has 2 N–H and O–H groups in total. The summed E-state index contributed by atoms with van der Waals surface area (Å²) in [6.45, 7) is 7.92. The van der Waals surface area contributed by atoms with E-state index in [0.717, 1.165) is 5.56 Å². The molecular formula is C13H20FNO. The van der Waals surface area contributed by atoms with Gasteiger partial charge in [0.05, 0.1) is 5.60 Å². The van der Waals surface area contributed by atoms with Crippen LogP contribution in [-0.2, 0) is 5.60 Å². The summed E-state index contributed by atoms with van der Waals surface area (Å²) < 4.78 is 13.1. The minimum absolute atomic E-state index is 0.239. The van der Waals surface area contributed by atoms with Crippen LogP contribution in [0, 0.1) is 12.7 Å². The highest BCUT2D eigenvalue weighted by molar-refractivity contribution is 5.28. The van der Waals surface area contributed by atoms with Crippen molar-refractivity contribution in [3.8, 4) is 0 Å². The number of hydrogen-bond donors (Lipinski definition) is 2. The summed E-state index contributed by atoms with van der Waals surface area (Å²) in [6.07, 6.45) is 0. The predicted octanol–water partition coefficient (Wildman–Crippen LogP) is 2.34. The quantitative estimate of drug-likeness (QED) is 0.824. The lowest BCUT2D eigenvalue weighted by Gasteiger charge is -2.26. The third-order valence-electron chi connectivity index (χ3n) is 2.63. The van der Waals surface area contributed by atoms with Crippen molar-refractivity contribution < 1.29 is 9.50 Å². The summed E-state index contributed by atoms with van der Waals surface area (Å²) in [5.74, 6) is -0.239. The number of benzene rings is 1. The fourth-order valence-corrected chi connectivity index (χ4v) is 1.48. The van der Waals surface area contributed by atoms with Gasteiger partial charge in [-0.15, -0.1) is 0 Å². The first kappa shape index (κ1) is 13.1. The molecule has 0 heterocycles. The smallest absolute Gasteiger partial charge is 0.126 e. The van der Waals surface area contributed by atoms with Gasteiger partial charge in [-0.05, 0) is 31.0 Å². The van der Waals surface area contributed by atoms with Crippen LogP contribution in [0.1, 0.15) is 31.9 Å². The molecular weight excluding hydrogens is 205 g/mol. The first-order chi connectivity index (χ1) is 7.33. The molecule has 0 aliphatic rings. The van der Waals surface area contributed by atoms with Crippen molar-refractivity contribution in [2.45, 2.75) is 39.3 Å². The maximum atomic E-state index is 13.1. The Kier molecular flexibility index (Phi) is 4.05. The number of hydrogen-bond acceptors (Lipinski definition) is 2. The first-order valence-corrected chi connectivity index (χ1v) is 5.55. The molecule has 1 unspecified atom stereocenters. The fraction of sp³-hybridized carbons (Fsp3) is 0.538. The lowest BCUT2D eigenvalue weighted by molar-refractivity contribution is 0.0548. The van der Waals surface area contributed by atoms with E-state index >= 15 is 0 Å². The SMILES string of the molecule is Cc1cc(C(C)(O)CNC(C)C)ccc1F. The normalized spacial score (nSPS) is 15.2. The Labute approximate surface area is 96.5 Å². The molecule has 1 rings (SSSR count). The van der Waals surface area contributed by atoms with Gasteiger partial charge >= 0.3 is 0 Å². The lowest BCUT2D eigenvalue weighted by Crippen LogP contribution is -2.38. The van der Waals surface area contributed by atoms with E-state index in [-0.39, 0.29) is 5.82 Å². The monoisotopic (exact) mass is 225 g/mol. The van der Waals surface area contributed by atoms with Crippen LogP contribution in [0.3, 0.4) is 0 Å². The number of rotatable bonds is 4. The van der Waals surface area contributed by atoms with Crippen molar-refractivity contribution in [3.63, 3.8) is 0 Å². The summed E-state index contributed by atoms with van der Waals surface area (Å²) in [5.41, 5.74) is 0.324. The number of nitrogens with one attached hydrogen (secondary N) is 1. The molecule has 0 bridgehead atoms. The van der Waals surface area contributed by atoms with Gasteiger partial charge in [-0.1, -0.05) is 26.0 Å². The second-order valence-corrected chi connectivity index (χ2v) is 4.77. The molecule has 0 saturated carbocycles. The fourth-order valence-electron chi connectivity index (χ4n) is 1.48. The maximum Gasteiger partial charge on any atom is 0.126 e. The van der Waals surface area contributed by atoms with E-state index in [4.69, 9.17) is 0 Å². The summed E-state index contributed by atoms with van der Waals surface area (Å²) in [7, 11) is 0. The minimum atomic E-state index is -0.970. The Morgan fingerprint density at radius 2 is 2.06 bits per heavy atom. The van der Waals surface area contributed by atoms with Gasteiger partial charge in [0.15, 0.2) is 0 Å². The lowest BCUT2D eigenvalue weighted by atomic mass is 9.94. The van der Waals surface area contributed by atoms with Crippen molar-refractivity contribution in [2.24, 2.45) is 0 Å². The summed E-state index contributed by atoms with van der Waals surface area (Å²) in [4.78, 5) is 0. The van der Waals surface area contributed by atoms with Gasteiger partial charge in [0, 0.05) is 12.6 Å². The maximum absolute atomic E-state index is 13.1. The summed E-state index contributed by atoms with van der Waals surface area (Å²) >= 11 is 0. The number of aliphatic hydroxyl groups is 1. The van der Waals surface area contributed by atoms with E-state index in [0.29, 0.717) is 18.2 Å². The van der Waals surface area contributed by atoms with Crippen LogP contribution in [0.5, 0.6) is 0 Å². The van der Waals surface area contributed by atoms with Crippen LogP contribution in [0.15, 0.2) is 18.2 Å². The molecule has 16 heavy (non-hydrogen) atoms. The Morgan fingerprint density at radius 3 is 2.56 bits per heavy atom. The van der Waals surface area contributed by atoms with Gasteiger partial charge in [-0.25, -0.2) is 4.39 Å². The van der Waals surface area contributed by atoms with Gasteiger partial charge < -0.3 is 10.4 Å². The molecule has 90 valence electrons. The van der Waals surface area contributed by atoms with E-state index in [1.807, 2.05) is 13.8 Å². The van der Waals surface area contributed by atoms with Gasteiger partial charge in [-0.2, -0.15) is 0 Å². The average molecular weight is 225 g/mol. The Balaban J connectivity index is 2.84. The van der Waals surface area contributed by atoms with Crippen molar-refractivity contribution in [3.05, 3.63) is 35.1 Å². The summed E-state index contributed by atoms with van der Waals surface area (Å²) in [6, 6.07) is 5.03. The average Bonchev–Trinajstić information content (AvgIpc) is 2.19. The van der Waals surface area contributed by atoms with Crippen molar-refractivity contribution in [1.29, 1.82) is 0 Å². The molecule has 0 aromatic heterocycles. The molecule has 0 aliphatic carbocycles. The summed E-state index contributed by atoms with van der Waals surface area (Å²) in [5, 5.41) is 13.4. The standard InChI is InChI=1S/C13H20FNO/c1-9(2)15-8-13(4,16)11-5-6-12(14)10(3)7-11/h5-7,9,15-16H,8H2,1-4H3. The largest absolute Gasteiger partial charge is 0.384 e. The highest BCUT2D eigenvalue weighted by Crippen LogP contribution is 2.22. The molecule has 0 saturated heterocycles. The highest BCUT2D eigenvalue weighted by Gasteiger charge is 2.23. The molecule has 1 aromatic carbocycles. The molecule has 0 fully saturated rings. The van der Waals surface area contributed by atoms with Crippen molar-refractivity contribution in [2.75, 3.05) is 6.54 Å². The van der Waals surface area contributed by atoms with Gasteiger partial charge in [0.1, 0.15) is 5.82 Å². The number of halogens is 1. The third kappa shape index (κ3) is 3.29. The minimum Gasteiger partial charge on any atom is -0.384 e. The zero-order valence-corrected chi connectivity index (χ0v) is 10.3. The van der Waals surface area contributed by atoms with Crippen molar-refractivity contribution >= 4 is 0 Å². The molecule has 2 nitrogen and oxygen atoms in total. The zero-order chi connectivity index (χ0) is 12.3. The van der Waals surface area contributed by atoms with Crippen LogP contribution in [0.4, 0.5) is 4.39 Å². The highest BCUT2D eigenvalue weighted by atomic mass is 19.1. The Morgan fingerprint density at radius 1 is 1.44 bits per heavy atom. The second kappa shape index (κ2) is 4.93. The van der Waals surface area contributed by atoms with E-state index in [1.165, 1.54) is 6.07 Å². The van der Waals surface area contributed by atoms with Crippen LogP contribution in [-0.4, -0.2) is 17.7 Å². The van der Waals surface area contributed by atoms with E-state index in [2.05, 4.69) is 5.32 Å². The van der Waals surface area contributed by atoms with Gasteiger partial charge in [-0.3, -0.25) is 0 Å². The molecule has 0 aliphatic heterocycles. The van der Waals surface area contributed by atoms with E-state index < -0.39 is 5.60 Å². The topological polar surface area (TPSA) is 32.3 Å². The molecule has 0 amide bonds. The van der Waals surface area contributed by atoms with Gasteiger partial charge in [0.2, 0.25) is 0 Å². The molecule has 0 radical (unpaired) electrons. The second-order valence-electron chi connectivity index (χ2n) is 4.77. The van der Waals surface area contributed by atoms with E-state index in [1.54, 1.807) is 26.0 Å². The molecule has 0 spiro atoms. The van der Waals surface area contributed by atoms with Crippen LogP contribution in [0.25, 0.3) is 0 Å². The number of aryl methyl sites for hydroxylation is 1. The van der Waals surface area contributed by atoms with E-state index in [9.17, 15) is 9.50 Å². The van der Waals surface area contributed by atoms with Crippen molar-refractivity contribution in [1.82, 2.24) is 5.32 Å². The third-order valence-corrected chi connectivity index (χ3v) is 2.63. The van der Waals surface area contributed by atoms with Crippen LogP contribution < -0.4 is 5.32 Å². The van der Waals surface area contributed by atoms with Gasteiger partial charge in [0.25, 0.3) is 0 Å². The predicted molar refractivity (Wildman–Crippen MR) is 63.8 cm³/mol. The Hall–Kier alpha value is -0.930. The zero-order valence-electron chi connectivity index (χ0n) is 10.3. The molecule has 3 heteroatoms. The van der Waals surface area contributed by atoms with Crippen LogP contribution >= 0.6 is 0 Å². The first-order valence-electron chi connectivity index (χ1n) is 5.55. The molecule has 1 aromatic rings.